The van der Waals surface area contributed by atoms with Crippen LogP contribution in [0, 0.1) is 0 Å². The smallest absolute Gasteiger partial charge is 0.169 e. The van der Waals surface area contributed by atoms with Crippen LogP contribution in [0.1, 0.15) is 5.56 Å². The van der Waals surface area contributed by atoms with Gasteiger partial charge in [-0.3, -0.25) is 9.80 Å². The van der Waals surface area contributed by atoms with E-state index in [0.29, 0.717) is 0 Å². The normalized spacial score (nSPS) is 21.0. The molecule has 0 amide bonds. The maximum atomic E-state index is 9.67. The Morgan fingerprint density at radius 1 is 1.19 bits per heavy atom. The van der Waals surface area contributed by atoms with Gasteiger partial charge in [0.15, 0.2) is 6.29 Å². The van der Waals surface area contributed by atoms with Crippen LogP contribution in [0.3, 0.4) is 0 Å². The van der Waals surface area contributed by atoms with Gasteiger partial charge in [-0.05, 0) is 5.56 Å². The number of hydrogen-bond acceptors (Lipinski definition) is 5. The molecule has 1 aliphatic rings. The van der Waals surface area contributed by atoms with E-state index in [-0.39, 0.29) is 18.9 Å². The fourth-order valence-corrected chi connectivity index (χ4v) is 2.78. The van der Waals surface area contributed by atoms with Crippen LogP contribution >= 0.6 is 0 Å². The third kappa shape index (κ3) is 4.76. The molecule has 0 bridgehead atoms. The van der Waals surface area contributed by atoms with Crippen LogP contribution < -0.4 is 0 Å². The molecule has 5 heteroatoms. The summed E-state index contributed by atoms with van der Waals surface area (Å²) in [5.41, 5.74) is 1.29. The van der Waals surface area contributed by atoms with E-state index in [1.165, 1.54) is 5.56 Å². The summed E-state index contributed by atoms with van der Waals surface area (Å²) in [6.07, 6.45) is -0.204. The number of methoxy groups -OCH3 is 2. The van der Waals surface area contributed by atoms with Gasteiger partial charge in [-0.25, -0.2) is 0 Å². The molecule has 118 valence electrons. The molecular formula is C16H26N2O3. The minimum atomic E-state index is -0.204. The number of benzene rings is 1. The first-order chi connectivity index (χ1) is 10.3. The molecule has 0 unspecified atom stereocenters. The number of nitrogens with zero attached hydrogens (tertiary/aromatic N) is 2. The van der Waals surface area contributed by atoms with Gasteiger partial charge in [0, 0.05) is 53.0 Å². The van der Waals surface area contributed by atoms with Crippen molar-refractivity contribution in [3.8, 4) is 0 Å². The zero-order chi connectivity index (χ0) is 15.1. The van der Waals surface area contributed by atoms with Gasteiger partial charge in [0.25, 0.3) is 0 Å². The molecule has 0 spiro atoms. The Hall–Kier alpha value is -0.980. The van der Waals surface area contributed by atoms with Gasteiger partial charge in [-0.1, -0.05) is 30.3 Å². The summed E-state index contributed by atoms with van der Waals surface area (Å²) in [6, 6.07) is 10.6. The summed E-state index contributed by atoms with van der Waals surface area (Å²) < 4.78 is 10.5. The SMILES string of the molecule is COC(CN1CCN(Cc2ccccc2)[C@@H](CO)C1)OC. The van der Waals surface area contributed by atoms with E-state index in [4.69, 9.17) is 9.47 Å². The second-order valence-corrected chi connectivity index (χ2v) is 5.45. The lowest BCUT2D eigenvalue weighted by molar-refractivity contribution is -0.123. The van der Waals surface area contributed by atoms with Crippen LogP contribution in [-0.4, -0.2) is 74.2 Å². The predicted octanol–water partition coefficient (Wildman–Crippen LogP) is 0.784. The lowest BCUT2D eigenvalue weighted by atomic mass is 10.1. The molecule has 0 saturated carbocycles. The molecule has 2 rings (SSSR count). The van der Waals surface area contributed by atoms with Crippen molar-refractivity contribution in [2.24, 2.45) is 0 Å². The Bertz CT molecular complexity index is 398. The molecule has 1 fully saturated rings. The van der Waals surface area contributed by atoms with Gasteiger partial charge >= 0.3 is 0 Å². The number of hydrogen-bond donors (Lipinski definition) is 1. The highest BCUT2D eigenvalue weighted by Gasteiger charge is 2.27. The lowest BCUT2D eigenvalue weighted by Crippen LogP contribution is -2.55. The lowest BCUT2D eigenvalue weighted by Gasteiger charge is -2.41. The largest absolute Gasteiger partial charge is 0.395 e. The number of rotatable bonds is 7. The molecule has 0 aromatic heterocycles. The summed E-state index contributed by atoms with van der Waals surface area (Å²) in [4.78, 5) is 4.64. The van der Waals surface area contributed by atoms with Crippen LogP contribution in [0.2, 0.25) is 0 Å². The Labute approximate surface area is 127 Å². The quantitative estimate of drug-likeness (QED) is 0.753. The summed E-state index contributed by atoms with van der Waals surface area (Å²) in [7, 11) is 3.31. The van der Waals surface area contributed by atoms with Crippen LogP contribution in [0.15, 0.2) is 30.3 Å². The minimum absolute atomic E-state index is 0.160. The molecule has 1 aromatic carbocycles. The van der Waals surface area contributed by atoms with Gasteiger partial charge in [-0.2, -0.15) is 0 Å². The van der Waals surface area contributed by atoms with Crippen LogP contribution in [0.5, 0.6) is 0 Å². The van der Waals surface area contributed by atoms with Gasteiger partial charge in [-0.15, -0.1) is 0 Å². The molecule has 1 aromatic rings. The van der Waals surface area contributed by atoms with E-state index < -0.39 is 0 Å². The monoisotopic (exact) mass is 294 g/mol. The number of ether oxygens (including phenoxy) is 2. The first-order valence-corrected chi connectivity index (χ1v) is 7.43. The molecule has 1 heterocycles. The predicted molar refractivity (Wildman–Crippen MR) is 82.0 cm³/mol. The number of aliphatic hydroxyl groups is 1. The zero-order valence-electron chi connectivity index (χ0n) is 12.9. The summed E-state index contributed by atoms with van der Waals surface area (Å²) in [6.45, 7) is 4.55. The van der Waals surface area contributed by atoms with Crippen molar-refractivity contribution < 1.29 is 14.6 Å². The highest BCUT2D eigenvalue weighted by Crippen LogP contribution is 2.14. The van der Waals surface area contributed by atoms with Crippen molar-refractivity contribution in [2.45, 2.75) is 18.9 Å². The van der Waals surface area contributed by atoms with E-state index in [1.54, 1.807) is 14.2 Å². The molecule has 5 nitrogen and oxygen atoms in total. The first-order valence-electron chi connectivity index (χ1n) is 7.43. The second kappa shape index (κ2) is 8.46. The Balaban J connectivity index is 1.89. The maximum Gasteiger partial charge on any atom is 0.169 e. The van der Waals surface area contributed by atoms with E-state index in [0.717, 1.165) is 32.7 Å². The summed E-state index contributed by atoms with van der Waals surface area (Å²) in [5, 5.41) is 9.67. The average molecular weight is 294 g/mol. The van der Waals surface area contributed by atoms with Gasteiger partial charge in [0.1, 0.15) is 0 Å². The topological polar surface area (TPSA) is 45.2 Å². The van der Waals surface area contributed by atoms with E-state index >= 15 is 0 Å². The highest BCUT2D eigenvalue weighted by molar-refractivity contribution is 5.14. The third-order valence-corrected chi connectivity index (χ3v) is 4.06. The standard InChI is InChI=1S/C16H26N2O3/c1-20-16(21-2)12-17-8-9-18(15(11-17)13-19)10-14-6-4-3-5-7-14/h3-7,15-16,19H,8-13H2,1-2H3/t15-/m1/s1. The van der Waals surface area contributed by atoms with Crippen molar-refractivity contribution >= 4 is 0 Å². The van der Waals surface area contributed by atoms with Crippen molar-refractivity contribution in [2.75, 3.05) is 47.0 Å². The van der Waals surface area contributed by atoms with Crippen LogP contribution in [0.25, 0.3) is 0 Å². The third-order valence-electron chi connectivity index (χ3n) is 4.06. The minimum Gasteiger partial charge on any atom is -0.395 e. The highest BCUT2D eigenvalue weighted by atomic mass is 16.7. The molecule has 1 aliphatic heterocycles. The van der Waals surface area contributed by atoms with Crippen molar-refractivity contribution in [3.63, 3.8) is 0 Å². The first kappa shape index (κ1) is 16.4. The van der Waals surface area contributed by atoms with Gasteiger partial charge < -0.3 is 14.6 Å². The summed E-state index contributed by atoms with van der Waals surface area (Å²) in [5.74, 6) is 0. The Morgan fingerprint density at radius 2 is 1.90 bits per heavy atom. The van der Waals surface area contributed by atoms with Crippen molar-refractivity contribution in [3.05, 3.63) is 35.9 Å². The van der Waals surface area contributed by atoms with Crippen LogP contribution in [0.4, 0.5) is 0 Å². The van der Waals surface area contributed by atoms with E-state index in [9.17, 15) is 5.11 Å². The second-order valence-electron chi connectivity index (χ2n) is 5.45. The number of aliphatic hydroxyl groups excluding tert-OH is 1. The average Bonchev–Trinajstić information content (AvgIpc) is 2.54. The molecule has 1 atom stereocenters. The van der Waals surface area contributed by atoms with E-state index in [2.05, 4.69) is 34.1 Å². The fourth-order valence-electron chi connectivity index (χ4n) is 2.78. The van der Waals surface area contributed by atoms with Crippen molar-refractivity contribution in [1.29, 1.82) is 0 Å². The molecular weight excluding hydrogens is 268 g/mol. The fraction of sp³-hybridized carbons (Fsp3) is 0.625. The van der Waals surface area contributed by atoms with Gasteiger partial charge in [0.05, 0.1) is 6.61 Å². The van der Waals surface area contributed by atoms with Crippen LogP contribution in [-0.2, 0) is 16.0 Å². The molecule has 1 N–H and O–H groups in total. The number of piperazine rings is 1. The molecule has 21 heavy (non-hydrogen) atoms. The van der Waals surface area contributed by atoms with Gasteiger partial charge in [0.2, 0.25) is 0 Å². The molecule has 0 aliphatic carbocycles. The van der Waals surface area contributed by atoms with Crippen molar-refractivity contribution in [1.82, 2.24) is 9.80 Å². The Kier molecular flexibility index (Phi) is 6.60. The van der Waals surface area contributed by atoms with E-state index in [1.807, 2.05) is 6.07 Å². The zero-order valence-corrected chi connectivity index (χ0v) is 12.9. The Morgan fingerprint density at radius 3 is 2.52 bits per heavy atom. The molecule has 1 saturated heterocycles. The molecule has 0 radical (unpaired) electrons. The maximum absolute atomic E-state index is 9.67. The summed E-state index contributed by atoms with van der Waals surface area (Å²) >= 11 is 0.